The lowest BCUT2D eigenvalue weighted by atomic mass is 10.0. The number of unbranched alkanes of at least 4 members (excludes halogenated alkanes) is 1. The minimum atomic E-state index is -1.61. The van der Waals surface area contributed by atoms with Gasteiger partial charge in [-0.15, -0.1) is 0 Å². The standard InChI is InChI=1S/C30H46N6O10/c1-18(38)26(30(46)32-20(17-37)15-24(39)40)35-28(44)22(12-8-9-13-36(2,3)4)33-29(45)23(14-19-10-6-5-7-11-19)34-27(43)21(31)16-25(41)42/h5-7,10-11,17-18,20-23,26,38H,8-9,12-16,31H2,1-4H3,(H5-,32,33,34,35,39,40,41,42,43,44,45,46)/p+1/t18-,20+,21+,22+,23+,26+/m1/s1. The van der Waals surface area contributed by atoms with E-state index in [1.54, 1.807) is 30.3 Å². The first kappa shape index (κ1) is 39.6. The summed E-state index contributed by atoms with van der Waals surface area (Å²) >= 11 is 0. The van der Waals surface area contributed by atoms with E-state index in [2.05, 4.69) is 21.3 Å². The minimum Gasteiger partial charge on any atom is -0.481 e. The average Bonchev–Trinajstić information content (AvgIpc) is 2.95. The Kier molecular flexibility index (Phi) is 16.5. The van der Waals surface area contributed by atoms with Crippen LogP contribution in [0.3, 0.4) is 0 Å². The van der Waals surface area contributed by atoms with Crippen molar-refractivity contribution >= 4 is 41.9 Å². The van der Waals surface area contributed by atoms with Crippen LogP contribution in [-0.4, -0.2) is 126 Å². The summed E-state index contributed by atoms with van der Waals surface area (Å²) in [6, 6.07) is 1.63. The number of benzene rings is 1. The van der Waals surface area contributed by atoms with E-state index in [1.807, 2.05) is 21.1 Å². The SMILES string of the molecule is C[C@@H](O)[C@H](NC(=O)[C@H](CCCC[N+](C)(C)C)NC(=O)[C@H](Cc1ccccc1)NC(=O)[C@@H](N)CC(=O)O)C(=O)N[C@H](C=O)CC(=O)O. The Morgan fingerprint density at radius 3 is 1.89 bits per heavy atom. The summed E-state index contributed by atoms with van der Waals surface area (Å²) in [5, 5.41) is 37.9. The van der Waals surface area contributed by atoms with Crippen molar-refractivity contribution in [2.24, 2.45) is 5.73 Å². The lowest BCUT2D eigenvalue weighted by Crippen LogP contribution is -2.60. The van der Waals surface area contributed by atoms with Gasteiger partial charge in [-0.05, 0) is 31.7 Å². The van der Waals surface area contributed by atoms with Gasteiger partial charge in [-0.2, -0.15) is 0 Å². The first-order chi connectivity index (χ1) is 21.4. The summed E-state index contributed by atoms with van der Waals surface area (Å²) in [6.07, 6.45) is -1.45. The summed E-state index contributed by atoms with van der Waals surface area (Å²) < 4.78 is 0.642. The lowest BCUT2D eigenvalue weighted by molar-refractivity contribution is -0.870. The number of aliphatic hydroxyl groups is 1. The predicted molar refractivity (Wildman–Crippen MR) is 165 cm³/mol. The molecule has 0 bridgehead atoms. The Labute approximate surface area is 267 Å². The maximum Gasteiger partial charge on any atom is 0.305 e. The highest BCUT2D eigenvalue weighted by Gasteiger charge is 2.33. The van der Waals surface area contributed by atoms with Crippen LogP contribution in [0.2, 0.25) is 0 Å². The maximum absolute atomic E-state index is 13.6. The zero-order valence-electron chi connectivity index (χ0n) is 26.6. The molecule has 0 fully saturated rings. The molecule has 16 heteroatoms. The summed E-state index contributed by atoms with van der Waals surface area (Å²) in [5.74, 6) is -6.21. The van der Waals surface area contributed by atoms with Crippen molar-refractivity contribution in [3.8, 4) is 0 Å². The maximum atomic E-state index is 13.6. The van der Waals surface area contributed by atoms with Crippen LogP contribution < -0.4 is 27.0 Å². The van der Waals surface area contributed by atoms with Gasteiger partial charge in [-0.3, -0.25) is 28.8 Å². The number of aldehydes is 1. The minimum absolute atomic E-state index is 0.0244. The normalized spacial score (nSPS) is 15.2. The van der Waals surface area contributed by atoms with Gasteiger partial charge in [0.1, 0.15) is 24.4 Å². The molecule has 0 saturated carbocycles. The molecule has 256 valence electrons. The van der Waals surface area contributed by atoms with Crippen LogP contribution in [0, 0.1) is 0 Å². The van der Waals surface area contributed by atoms with E-state index < -0.39 is 84.7 Å². The topological polar surface area (TPSA) is 254 Å². The summed E-state index contributed by atoms with van der Waals surface area (Å²) in [5.41, 5.74) is 6.35. The van der Waals surface area contributed by atoms with E-state index in [4.69, 9.17) is 15.9 Å². The highest BCUT2D eigenvalue weighted by atomic mass is 16.4. The van der Waals surface area contributed by atoms with Gasteiger partial charge >= 0.3 is 11.9 Å². The van der Waals surface area contributed by atoms with Crippen molar-refractivity contribution < 1.29 is 53.4 Å². The zero-order chi connectivity index (χ0) is 35.0. The number of amides is 4. The Balaban J connectivity index is 3.26. The van der Waals surface area contributed by atoms with E-state index >= 15 is 0 Å². The van der Waals surface area contributed by atoms with Gasteiger partial charge in [-0.25, -0.2) is 0 Å². The highest BCUT2D eigenvalue weighted by Crippen LogP contribution is 2.09. The van der Waals surface area contributed by atoms with Gasteiger partial charge < -0.3 is 51.6 Å². The largest absolute Gasteiger partial charge is 0.481 e. The van der Waals surface area contributed by atoms with E-state index in [0.717, 1.165) is 6.54 Å². The number of carbonyl (C=O) groups is 7. The molecule has 0 unspecified atom stereocenters. The van der Waals surface area contributed by atoms with Crippen molar-refractivity contribution in [3.63, 3.8) is 0 Å². The number of rotatable bonds is 21. The molecule has 1 aromatic rings. The molecular weight excluding hydrogens is 604 g/mol. The number of nitrogens with one attached hydrogen (secondary N) is 4. The summed E-state index contributed by atoms with van der Waals surface area (Å²) in [7, 11) is 5.96. The number of carbonyl (C=O) groups excluding carboxylic acids is 5. The average molecular weight is 652 g/mol. The second-order valence-electron chi connectivity index (χ2n) is 12.1. The second-order valence-corrected chi connectivity index (χ2v) is 12.1. The van der Waals surface area contributed by atoms with Crippen molar-refractivity contribution in [3.05, 3.63) is 35.9 Å². The van der Waals surface area contributed by atoms with Gasteiger partial charge in [0.05, 0.1) is 58.7 Å². The Bertz CT molecular complexity index is 1200. The first-order valence-corrected chi connectivity index (χ1v) is 14.8. The number of nitrogens with two attached hydrogens (primary N) is 1. The van der Waals surface area contributed by atoms with Gasteiger partial charge in [0.15, 0.2) is 0 Å². The lowest BCUT2D eigenvalue weighted by Gasteiger charge is -2.28. The van der Waals surface area contributed by atoms with Crippen LogP contribution >= 0.6 is 0 Å². The molecule has 0 aliphatic rings. The molecule has 0 aliphatic heterocycles. The number of carboxylic acids is 2. The molecule has 9 N–H and O–H groups in total. The van der Waals surface area contributed by atoms with Crippen LogP contribution in [0.15, 0.2) is 30.3 Å². The fourth-order valence-corrected chi connectivity index (χ4v) is 4.35. The van der Waals surface area contributed by atoms with E-state index in [9.17, 15) is 38.7 Å². The van der Waals surface area contributed by atoms with Gasteiger partial charge in [0.25, 0.3) is 0 Å². The molecule has 1 aromatic carbocycles. The smallest absolute Gasteiger partial charge is 0.305 e. The van der Waals surface area contributed by atoms with Crippen molar-refractivity contribution in [1.82, 2.24) is 21.3 Å². The number of aliphatic hydroxyl groups excluding tert-OH is 1. The number of aliphatic carboxylic acids is 2. The number of carboxylic acid groups (broad SMARTS) is 2. The molecule has 0 heterocycles. The monoisotopic (exact) mass is 651 g/mol. The summed E-state index contributed by atoms with van der Waals surface area (Å²) in [4.78, 5) is 85.9. The second kappa shape index (κ2) is 19.2. The van der Waals surface area contributed by atoms with E-state index in [-0.39, 0.29) is 19.1 Å². The molecule has 4 amide bonds. The third-order valence-electron chi connectivity index (χ3n) is 6.80. The molecule has 0 spiro atoms. The predicted octanol–water partition coefficient (Wildman–Crippen LogP) is -2.10. The molecule has 16 nitrogen and oxygen atoms in total. The first-order valence-electron chi connectivity index (χ1n) is 14.8. The van der Waals surface area contributed by atoms with Crippen LogP contribution in [0.5, 0.6) is 0 Å². The molecule has 1 rings (SSSR count). The molecule has 0 aromatic heterocycles. The van der Waals surface area contributed by atoms with Crippen molar-refractivity contribution in [1.29, 1.82) is 0 Å². The molecule has 6 atom stereocenters. The van der Waals surface area contributed by atoms with Crippen LogP contribution in [0.25, 0.3) is 0 Å². The van der Waals surface area contributed by atoms with Gasteiger partial charge in [-0.1, -0.05) is 30.3 Å². The van der Waals surface area contributed by atoms with Gasteiger partial charge in [0, 0.05) is 6.42 Å². The molecule has 0 radical (unpaired) electrons. The fourth-order valence-electron chi connectivity index (χ4n) is 4.35. The van der Waals surface area contributed by atoms with Crippen molar-refractivity contribution in [2.75, 3.05) is 27.7 Å². The van der Waals surface area contributed by atoms with Crippen LogP contribution in [-0.2, 0) is 40.0 Å². The molecule has 0 aliphatic carbocycles. The summed E-state index contributed by atoms with van der Waals surface area (Å²) in [6.45, 7) is 1.95. The van der Waals surface area contributed by atoms with Gasteiger partial charge in [0.2, 0.25) is 23.6 Å². The zero-order valence-corrected chi connectivity index (χ0v) is 26.6. The Morgan fingerprint density at radius 1 is 0.804 bits per heavy atom. The quantitative estimate of drug-likeness (QED) is 0.0406. The third kappa shape index (κ3) is 15.5. The molecule has 0 saturated heterocycles. The third-order valence-corrected chi connectivity index (χ3v) is 6.80. The Hall–Kier alpha value is -4.41. The highest BCUT2D eigenvalue weighted by molar-refractivity contribution is 5.96. The number of quaternary nitrogens is 1. The number of hydrogen-bond donors (Lipinski definition) is 8. The van der Waals surface area contributed by atoms with Crippen LogP contribution in [0.1, 0.15) is 44.6 Å². The van der Waals surface area contributed by atoms with E-state index in [1.165, 1.54) is 6.92 Å². The fraction of sp³-hybridized carbons (Fsp3) is 0.567. The number of nitrogens with zero attached hydrogens (tertiary/aromatic N) is 1. The Morgan fingerprint density at radius 2 is 1.37 bits per heavy atom. The van der Waals surface area contributed by atoms with E-state index in [0.29, 0.717) is 22.9 Å². The number of hydrogen-bond acceptors (Lipinski definition) is 9. The molecular formula is C30H47N6O10+. The van der Waals surface area contributed by atoms with Crippen molar-refractivity contribution in [2.45, 2.75) is 81.8 Å². The van der Waals surface area contributed by atoms with Crippen LogP contribution in [0.4, 0.5) is 0 Å². The molecule has 46 heavy (non-hydrogen) atoms.